The first-order valence-corrected chi connectivity index (χ1v) is 6.22. The Morgan fingerprint density at radius 2 is 1.88 bits per heavy atom. The van der Waals surface area contributed by atoms with Gasteiger partial charge in [0, 0.05) is 19.0 Å². The van der Waals surface area contributed by atoms with Crippen LogP contribution < -0.4 is 9.64 Å². The molecule has 1 heterocycles. The molecule has 1 saturated carbocycles. The van der Waals surface area contributed by atoms with Crippen molar-refractivity contribution < 1.29 is 4.74 Å². The molecule has 1 aliphatic carbocycles. The smallest absolute Gasteiger partial charge is 0.142 e. The Morgan fingerprint density at radius 3 is 2.56 bits per heavy atom. The number of ether oxygens (including phenoxy) is 1. The summed E-state index contributed by atoms with van der Waals surface area (Å²) in [6, 6.07) is 8.31. The zero-order chi connectivity index (χ0) is 11.6. The molecule has 0 atom stereocenters. The van der Waals surface area contributed by atoms with Crippen molar-refractivity contribution in [2.75, 3.05) is 25.1 Å². The number of hydrogen-bond donors (Lipinski definition) is 0. The number of para-hydroxylation sites is 2. The normalized spacial score (nSPS) is 20.1. The summed E-state index contributed by atoms with van der Waals surface area (Å²) in [5.74, 6) is 1.04. The van der Waals surface area contributed by atoms with Crippen LogP contribution >= 0.6 is 0 Å². The summed E-state index contributed by atoms with van der Waals surface area (Å²) in [6.07, 6.45) is 2.65. The monoisotopic (exact) mass is 219 g/mol. The molecule has 0 aromatic heterocycles. The predicted octanol–water partition coefficient (Wildman–Crippen LogP) is 3.32. The number of hydrogen-bond acceptors (Lipinski definition) is 2. The Kier molecular flexibility index (Phi) is 3.08. The van der Waals surface area contributed by atoms with Crippen molar-refractivity contribution in [1.82, 2.24) is 0 Å². The summed E-state index contributed by atoms with van der Waals surface area (Å²) in [5, 5.41) is 0. The standard InChI is InChI=1S/C12H15NO.C2H6/c1-13-8-12(6-7-12)9-14-11-5-3-2-4-10(11)13;1-2/h2-5H,6-9H2,1H3;1-2H3. The van der Waals surface area contributed by atoms with E-state index in [-0.39, 0.29) is 0 Å². The van der Waals surface area contributed by atoms with Gasteiger partial charge in [0.1, 0.15) is 5.75 Å². The third-order valence-electron chi connectivity index (χ3n) is 3.34. The van der Waals surface area contributed by atoms with Crippen molar-refractivity contribution in [1.29, 1.82) is 0 Å². The number of rotatable bonds is 0. The zero-order valence-electron chi connectivity index (χ0n) is 10.5. The fourth-order valence-corrected chi connectivity index (χ4v) is 2.24. The molecule has 1 fully saturated rings. The minimum absolute atomic E-state index is 0.466. The molecule has 0 N–H and O–H groups in total. The molecule has 1 aromatic carbocycles. The van der Waals surface area contributed by atoms with Gasteiger partial charge in [-0.3, -0.25) is 0 Å². The van der Waals surface area contributed by atoms with Gasteiger partial charge in [-0.2, -0.15) is 0 Å². The van der Waals surface area contributed by atoms with Gasteiger partial charge in [-0.1, -0.05) is 26.0 Å². The maximum atomic E-state index is 5.85. The van der Waals surface area contributed by atoms with Gasteiger partial charge in [0.25, 0.3) is 0 Å². The minimum atomic E-state index is 0.466. The molecule has 1 spiro atoms. The van der Waals surface area contributed by atoms with E-state index in [2.05, 4.69) is 30.1 Å². The summed E-state index contributed by atoms with van der Waals surface area (Å²) < 4.78 is 5.85. The molecule has 1 aromatic rings. The van der Waals surface area contributed by atoms with Crippen molar-refractivity contribution in [2.45, 2.75) is 26.7 Å². The third-order valence-corrected chi connectivity index (χ3v) is 3.34. The fourth-order valence-electron chi connectivity index (χ4n) is 2.24. The van der Waals surface area contributed by atoms with E-state index in [1.54, 1.807) is 0 Å². The molecule has 1 aliphatic heterocycles. The van der Waals surface area contributed by atoms with Crippen molar-refractivity contribution in [3.8, 4) is 5.75 Å². The first-order chi connectivity index (χ1) is 7.79. The highest BCUT2D eigenvalue weighted by atomic mass is 16.5. The van der Waals surface area contributed by atoms with Gasteiger partial charge in [-0.05, 0) is 25.0 Å². The SMILES string of the molecule is CC.CN1CC2(CC2)COc2ccccc21. The average molecular weight is 219 g/mol. The molecule has 88 valence electrons. The zero-order valence-corrected chi connectivity index (χ0v) is 10.5. The lowest BCUT2D eigenvalue weighted by Crippen LogP contribution is -2.27. The molecule has 2 aliphatic rings. The van der Waals surface area contributed by atoms with Crippen molar-refractivity contribution >= 4 is 5.69 Å². The summed E-state index contributed by atoms with van der Waals surface area (Å²) in [6.45, 7) is 6.04. The summed E-state index contributed by atoms with van der Waals surface area (Å²) in [4.78, 5) is 2.33. The van der Waals surface area contributed by atoms with E-state index in [1.807, 2.05) is 19.9 Å². The second-order valence-electron chi connectivity index (χ2n) is 4.61. The maximum absolute atomic E-state index is 5.85. The quantitative estimate of drug-likeness (QED) is 0.663. The molecule has 2 heteroatoms. The molecular formula is C14H21NO. The van der Waals surface area contributed by atoms with Crippen LogP contribution in [0.4, 0.5) is 5.69 Å². The van der Waals surface area contributed by atoms with Gasteiger partial charge in [0.05, 0.1) is 12.3 Å². The third kappa shape index (κ3) is 2.01. The lowest BCUT2D eigenvalue weighted by atomic mass is 10.1. The Morgan fingerprint density at radius 1 is 1.19 bits per heavy atom. The molecule has 0 saturated heterocycles. The van der Waals surface area contributed by atoms with E-state index < -0.39 is 0 Å². The Labute approximate surface area is 98.2 Å². The summed E-state index contributed by atoms with van der Waals surface area (Å²) in [7, 11) is 2.16. The highest BCUT2D eigenvalue weighted by Crippen LogP contribution is 2.49. The first kappa shape index (κ1) is 11.3. The largest absolute Gasteiger partial charge is 0.491 e. The average Bonchev–Trinajstić information content (AvgIpc) is 3.11. The Balaban J connectivity index is 0.000000457. The van der Waals surface area contributed by atoms with Crippen LogP contribution in [0.1, 0.15) is 26.7 Å². The van der Waals surface area contributed by atoms with E-state index in [9.17, 15) is 0 Å². The van der Waals surface area contributed by atoms with Crippen LogP contribution in [-0.2, 0) is 0 Å². The van der Waals surface area contributed by atoms with E-state index in [0.717, 1.165) is 18.9 Å². The van der Waals surface area contributed by atoms with Crippen LogP contribution in [0.5, 0.6) is 5.75 Å². The number of anilines is 1. The molecular weight excluding hydrogens is 198 g/mol. The van der Waals surface area contributed by atoms with Crippen LogP contribution in [0.2, 0.25) is 0 Å². The van der Waals surface area contributed by atoms with Gasteiger partial charge in [0.15, 0.2) is 0 Å². The van der Waals surface area contributed by atoms with Crippen LogP contribution in [0.15, 0.2) is 24.3 Å². The van der Waals surface area contributed by atoms with Gasteiger partial charge >= 0.3 is 0 Å². The van der Waals surface area contributed by atoms with Gasteiger partial charge in [0.2, 0.25) is 0 Å². The summed E-state index contributed by atoms with van der Waals surface area (Å²) >= 11 is 0. The predicted molar refractivity (Wildman–Crippen MR) is 68.2 cm³/mol. The van der Waals surface area contributed by atoms with E-state index in [4.69, 9.17) is 4.74 Å². The lowest BCUT2D eigenvalue weighted by molar-refractivity contribution is 0.249. The molecule has 0 amide bonds. The first-order valence-electron chi connectivity index (χ1n) is 6.22. The molecule has 16 heavy (non-hydrogen) atoms. The molecule has 3 rings (SSSR count). The fraction of sp³-hybridized carbons (Fsp3) is 0.571. The Hall–Kier alpha value is -1.18. The minimum Gasteiger partial charge on any atom is -0.491 e. The van der Waals surface area contributed by atoms with Crippen LogP contribution in [-0.4, -0.2) is 20.2 Å². The summed E-state index contributed by atoms with van der Waals surface area (Å²) in [5.41, 5.74) is 1.70. The second kappa shape index (κ2) is 4.36. The van der Waals surface area contributed by atoms with Gasteiger partial charge in [-0.25, -0.2) is 0 Å². The van der Waals surface area contributed by atoms with Gasteiger partial charge < -0.3 is 9.64 Å². The Bertz CT molecular complexity index is 358. The van der Waals surface area contributed by atoms with E-state index in [0.29, 0.717) is 5.41 Å². The van der Waals surface area contributed by atoms with Gasteiger partial charge in [-0.15, -0.1) is 0 Å². The van der Waals surface area contributed by atoms with Crippen LogP contribution in [0, 0.1) is 5.41 Å². The van der Waals surface area contributed by atoms with E-state index in [1.165, 1.54) is 18.5 Å². The topological polar surface area (TPSA) is 12.5 Å². The maximum Gasteiger partial charge on any atom is 0.142 e. The molecule has 0 radical (unpaired) electrons. The highest BCUT2D eigenvalue weighted by molar-refractivity contribution is 5.58. The lowest BCUT2D eigenvalue weighted by Gasteiger charge is -2.20. The number of fused-ring (bicyclic) bond motifs is 1. The number of nitrogens with zero attached hydrogens (tertiary/aromatic N) is 1. The second-order valence-corrected chi connectivity index (χ2v) is 4.61. The van der Waals surface area contributed by atoms with E-state index >= 15 is 0 Å². The van der Waals surface area contributed by atoms with Crippen LogP contribution in [0.25, 0.3) is 0 Å². The molecule has 2 nitrogen and oxygen atoms in total. The molecule has 0 bridgehead atoms. The van der Waals surface area contributed by atoms with Crippen molar-refractivity contribution in [3.05, 3.63) is 24.3 Å². The van der Waals surface area contributed by atoms with Crippen LogP contribution in [0.3, 0.4) is 0 Å². The van der Waals surface area contributed by atoms with Crippen molar-refractivity contribution in [2.24, 2.45) is 5.41 Å². The highest BCUT2D eigenvalue weighted by Gasteiger charge is 2.46. The molecule has 0 unspecified atom stereocenters. The van der Waals surface area contributed by atoms with Crippen molar-refractivity contribution in [3.63, 3.8) is 0 Å². The number of benzene rings is 1.